The van der Waals surface area contributed by atoms with Crippen LogP contribution in [-0.2, 0) is 0 Å². The number of hydrogen-bond donors (Lipinski definition) is 1. The van der Waals surface area contributed by atoms with Gasteiger partial charge in [-0.1, -0.05) is 11.8 Å². The predicted molar refractivity (Wildman–Crippen MR) is 79.9 cm³/mol. The molecule has 0 bridgehead atoms. The van der Waals surface area contributed by atoms with E-state index in [0.717, 1.165) is 41.5 Å². The maximum Gasteiger partial charge on any atom is 0.166 e. The molecule has 3 heterocycles. The summed E-state index contributed by atoms with van der Waals surface area (Å²) in [6.07, 6.45) is 6.49. The summed E-state index contributed by atoms with van der Waals surface area (Å²) >= 11 is 1.50. The number of benzene rings is 1. The zero-order chi connectivity index (χ0) is 13.5. The molecule has 0 atom stereocenters. The number of imidazole rings is 1. The zero-order valence-corrected chi connectivity index (χ0v) is 11.6. The maximum atomic E-state index is 8.18. The van der Waals surface area contributed by atoms with Gasteiger partial charge in [-0.15, -0.1) is 0 Å². The standard InChI is InChI=1S/C14H13N5S/c15-14-19-6-1-4-17-13(19)11-3-2-10(8-12(11)20-14)18-7-5-16-9-18/h2-3,5,7-9,15H,1,4,6H2. The fourth-order valence-corrected chi connectivity index (χ4v) is 3.49. The molecule has 6 heteroatoms. The van der Waals surface area contributed by atoms with Crippen molar-refractivity contribution in [3.63, 3.8) is 0 Å². The molecule has 0 radical (unpaired) electrons. The van der Waals surface area contributed by atoms with Gasteiger partial charge in [-0.3, -0.25) is 10.4 Å². The molecule has 1 N–H and O–H groups in total. The second-order valence-electron chi connectivity index (χ2n) is 4.77. The van der Waals surface area contributed by atoms with Gasteiger partial charge in [0.25, 0.3) is 0 Å². The minimum absolute atomic E-state index is 0.568. The van der Waals surface area contributed by atoms with E-state index in [1.807, 2.05) is 15.7 Å². The molecule has 0 saturated heterocycles. The third-order valence-corrected chi connectivity index (χ3v) is 4.49. The maximum absolute atomic E-state index is 8.18. The average Bonchev–Trinajstić information content (AvgIpc) is 3.01. The van der Waals surface area contributed by atoms with E-state index in [2.05, 4.69) is 28.2 Å². The quantitative estimate of drug-likeness (QED) is 0.874. The van der Waals surface area contributed by atoms with Gasteiger partial charge in [-0.05, 0) is 24.6 Å². The molecular weight excluding hydrogens is 270 g/mol. The lowest BCUT2D eigenvalue weighted by molar-refractivity contribution is 0.552. The third kappa shape index (κ3) is 1.76. The lowest BCUT2D eigenvalue weighted by atomic mass is 10.1. The van der Waals surface area contributed by atoms with Gasteiger partial charge in [0.05, 0.1) is 6.33 Å². The largest absolute Gasteiger partial charge is 0.306 e. The molecule has 0 spiro atoms. The Morgan fingerprint density at radius 1 is 1.30 bits per heavy atom. The second kappa shape index (κ2) is 4.49. The molecule has 2 aromatic rings. The van der Waals surface area contributed by atoms with Crippen molar-refractivity contribution >= 4 is 22.8 Å². The molecule has 0 fully saturated rings. The van der Waals surface area contributed by atoms with Crippen LogP contribution >= 0.6 is 11.8 Å². The Hall–Kier alpha value is -2.08. The predicted octanol–water partition coefficient (Wildman–Crippen LogP) is 2.37. The monoisotopic (exact) mass is 283 g/mol. The van der Waals surface area contributed by atoms with Gasteiger partial charge in [0, 0.05) is 41.6 Å². The Morgan fingerprint density at radius 2 is 2.25 bits per heavy atom. The summed E-state index contributed by atoms with van der Waals surface area (Å²) < 4.78 is 1.97. The lowest BCUT2D eigenvalue weighted by Crippen LogP contribution is -2.42. The molecule has 0 amide bonds. The number of aliphatic imine (C=N–C) groups is 1. The Kier molecular flexibility index (Phi) is 2.63. The van der Waals surface area contributed by atoms with Crippen LogP contribution in [0.2, 0.25) is 0 Å². The SMILES string of the molecule is N=C1Sc2cc(-n3ccnc3)ccc2C2=NCCCN12. The van der Waals surface area contributed by atoms with Crippen molar-refractivity contribution in [1.29, 1.82) is 5.41 Å². The number of nitrogens with zero attached hydrogens (tertiary/aromatic N) is 4. The molecule has 4 rings (SSSR count). The van der Waals surface area contributed by atoms with Gasteiger partial charge in [0.1, 0.15) is 5.84 Å². The van der Waals surface area contributed by atoms with Gasteiger partial charge in [0.2, 0.25) is 0 Å². The summed E-state index contributed by atoms with van der Waals surface area (Å²) in [6.45, 7) is 1.75. The summed E-state index contributed by atoms with van der Waals surface area (Å²) in [5, 5.41) is 8.75. The molecule has 0 aliphatic carbocycles. The zero-order valence-electron chi connectivity index (χ0n) is 10.8. The highest BCUT2D eigenvalue weighted by Gasteiger charge is 2.29. The number of hydrogen-bond acceptors (Lipinski definition) is 4. The first-order chi connectivity index (χ1) is 9.83. The van der Waals surface area contributed by atoms with Crippen LogP contribution in [0, 0.1) is 5.41 Å². The summed E-state index contributed by atoms with van der Waals surface area (Å²) in [5.74, 6) is 0.951. The van der Waals surface area contributed by atoms with Crippen molar-refractivity contribution in [2.45, 2.75) is 11.3 Å². The molecule has 20 heavy (non-hydrogen) atoms. The van der Waals surface area contributed by atoms with Crippen molar-refractivity contribution in [3.05, 3.63) is 42.5 Å². The van der Waals surface area contributed by atoms with E-state index in [1.165, 1.54) is 11.8 Å². The van der Waals surface area contributed by atoms with E-state index >= 15 is 0 Å². The van der Waals surface area contributed by atoms with Crippen LogP contribution in [0.3, 0.4) is 0 Å². The van der Waals surface area contributed by atoms with Crippen molar-refractivity contribution < 1.29 is 0 Å². The van der Waals surface area contributed by atoms with E-state index in [4.69, 9.17) is 5.41 Å². The topological polar surface area (TPSA) is 57.3 Å². The van der Waals surface area contributed by atoms with E-state index < -0.39 is 0 Å². The van der Waals surface area contributed by atoms with E-state index in [1.54, 1.807) is 12.5 Å². The van der Waals surface area contributed by atoms with Crippen molar-refractivity contribution in [2.24, 2.45) is 4.99 Å². The van der Waals surface area contributed by atoms with Gasteiger partial charge in [-0.2, -0.15) is 0 Å². The van der Waals surface area contributed by atoms with Gasteiger partial charge < -0.3 is 9.47 Å². The van der Waals surface area contributed by atoms with Gasteiger partial charge in [0.15, 0.2) is 5.17 Å². The molecule has 100 valence electrons. The van der Waals surface area contributed by atoms with Crippen molar-refractivity contribution in [3.8, 4) is 5.69 Å². The number of nitrogens with one attached hydrogen (secondary N) is 1. The Bertz CT molecular complexity index is 704. The van der Waals surface area contributed by atoms with Crippen LogP contribution in [0.4, 0.5) is 0 Å². The number of thioether (sulfide) groups is 1. The van der Waals surface area contributed by atoms with Crippen LogP contribution in [0.25, 0.3) is 5.69 Å². The smallest absolute Gasteiger partial charge is 0.166 e. The van der Waals surface area contributed by atoms with Crippen LogP contribution < -0.4 is 0 Å². The molecule has 0 unspecified atom stereocenters. The molecule has 1 aromatic carbocycles. The number of rotatable bonds is 1. The van der Waals surface area contributed by atoms with E-state index in [0.29, 0.717) is 5.17 Å². The minimum Gasteiger partial charge on any atom is -0.306 e. The highest BCUT2D eigenvalue weighted by atomic mass is 32.2. The molecule has 2 aliphatic rings. The molecule has 5 nitrogen and oxygen atoms in total. The van der Waals surface area contributed by atoms with Crippen molar-refractivity contribution in [2.75, 3.05) is 13.1 Å². The number of fused-ring (bicyclic) bond motifs is 3. The molecule has 1 aromatic heterocycles. The fraction of sp³-hybridized carbons (Fsp3) is 0.214. The Morgan fingerprint density at radius 3 is 3.10 bits per heavy atom. The average molecular weight is 283 g/mol. The highest BCUT2D eigenvalue weighted by Crippen LogP contribution is 2.34. The first kappa shape index (κ1) is 11.7. The Balaban J connectivity index is 1.83. The van der Waals surface area contributed by atoms with Gasteiger partial charge in [-0.25, -0.2) is 4.98 Å². The van der Waals surface area contributed by atoms with Crippen LogP contribution in [0.5, 0.6) is 0 Å². The molecular formula is C14H13N5S. The number of aromatic nitrogens is 2. The molecule has 2 aliphatic heterocycles. The summed E-state index contributed by atoms with van der Waals surface area (Å²) in [5.41, 5.74) is 2.20. The second-order valence-corrected chi connectivity index (χ2v) is 5.80. The highest BCUT2D eigenvalue weighted by molar-refractivity contribution is 8.14. The van der Waals surface area contributed by atoms with E-state index in [-0.39, 0.29) is 0 Å². The minimum atomic E-state index is 0.568. The summed E-state index contributed by atoms with van der Waals surface area (Å²) in [6, 6.07) is 6.28. The first-order valence-corrected chi connectivity index (χ1v) is 7.36. The van der Waals surface area contributed by atoms with Gasteiger partial charge >= 0.3 is 0 Å². The van der Waals surface area contributed by atoms with Crippen LogP contribution in [0.1, 0.15) is 12.0 Å². The van der Waals surface area contributed by atoms with Crippen LogP contribution in [-0.4, -0.2) is 38.5 Å². The third-order valence-electron chi connectivity index (χ3n) is 3.52. The summed E-state index contributed by atoms with van der Waals surface area (Å²) in [7, 11) is 0. The fourth-order valence-electron chi connectivity index (χ4n) is 2.55. The van der Waals surface area contributed by atoms with Crippen molar-refractivity contribution in [1.82, 2.24) is 14.5 Å². The summed E-state index contributed by atoms with van der Waals surface area (Å²) in [4.78, 5) is 11.8. The molecule has 0 saturated carbocycles. The Labute approximate surface area is 120 Å². The lowest BCUT2D eigenvalue weighted by Gasteiger charge is -2.34. The number of amidine groups is 2. The van der Waals surface area contributed by atoms with Crippen LogP contribution in [0.15, 0.2) is 46.8 Å². The first-order valence-electron chi connectivity index (χ1n) is 6.54. The normalized spacial score (nSPS) is 17.5. The van der Waals surface area contributed by atoms with E-state index in [9.17, 15) is 0 Å².